The Bertz CT molecular complexity index is 207. The lowest BCUT2D eigenvalue weighted by molar-refractivity contribution is 0.202. The van der Waals surface area contributed by atoms with Crippen LogP contribution in [0.15, 0.2) is 0 Å². The molecule has 2 saturated heterocycles. The van der Waals surface area contributed by atoms with Gasteiger partial charge < -0.3 is 5.32 Å². The molecule has 0 aromatic carbocycles. The van der Waals surface area contributed by atoms with Gasteiger partial charge in [0.15, 0.2) is 0 Å². The molecule has 0 bridgehead atoms. The summed E-state index contributed by atoms with van der Waals surface area (Å²) >= 11 is 0. The van der Waals surface area contributed by atoms with Gasteiger partial charge in [-0.1, -0.05) is 0 Å². The molecule has 2 aliphatic heterocycles. The highest BCUT2D eigenvalue weighted by Crippen LogP contribution is 2.31. The summed E-state index contributed by atoms with van der Waals surface area (Å²) in [4.78, 5) is 5.45. The summed E-state index contributed by atoms with van der Waals surface area (Å²) in [5.41, 5.74) is 0. The van der Waals surface area contributed by atoms with Gasteiger partial charge in [-0.05, 0) is 38.8 Å². The molecule has 3 aliphatic rings. The van der Waals surface area contributed by atoms with Crippen molar-refractivity contribution in [2.45, 2.75) is 37.8 Å². The van der Waals surface area contributed by atoms with Crippen LogP contribution < -0.4 is 5.32 Å². The molecule has 86 valence electrons. The second-order valence-electron chi connectivity index (χ2n) is 5.31. The van der Waals surface area contributed by atoms with Crippen LogP contribution in [0.3, 0.4) is 0 Å². The van der Waals surface area contributed by atoms with Crippen molar-refractivity contribution in [1.29, 1.82) is 0 Å². The lowest BCUT2D eigenvalue weighted by Crippen LogP contribution is -2.40. The molecular formula is C12H23N3. The van der Waals surface area contributed by atoms with Crippen molar-refractivity contribution in [2.24, 2.45) is 0 Å². The first-order valence-corrected chi connectivity index (χ1v) is 6.62. The molecule has 1 N–H and O–H groups in total. The highest BCUT2D eigenvalue weighted by Gasteiger charge is 2.36. The lowest BCUT2D eigenvalue weighted by Gasteiger charge is -2.27. The van der Waals surface area contributed by atoms with E-state index in [1.807, 2.05) is 0 Å². The fraction of sp³-hybridized carbons (Fsp3) is 1.00. The third kappa shape index (κ3) is 2.35. The van der Waals surface area contributed by atoms with Crippen molar-refractivity contribution in [3.63, 3.8) is 0 Å². The van der Waals surface area contributed by atoms with E-state index in [2.05, 4.69) is 15.1 Å². The monoisotopic (exact) mass is 209 g/mol. The zero-order chi connectivity index (χ0) is 10.1. The Morgan fingerprint density at radius 3 is 2.60 bits per heavy atom. The summed E-state index contributed by atoms with van der Waals surface area (Å²) in [6.07, 6.45) is 5.68. The maximum Gasteiger partial charge on any atom is 0.0236 e. The van der Waals surface area contributed by atoms with Crippen molar-refractivity contribution in [1.82, 2.24) is 15.1 Å². The average molecular weight is 209 g/mol. The molecule has 3 nitrogen and oxygen atoms in total. The van der Waals surface area contributed by atoms with E-state index in [1.165, 1.54) is 65.0 Å². The fourth-order valence-electron chi connectivity index (χ4n) is 3.07. The van der Waals surface area contributed by atoms with Gasteiger partial charge in [0.2, 0.25) is 0 Å². The lowest BCUT2D eigenvalue weighted by atomic mass is 10.2. The summed E-state index contributed by atoms with van der Waals surface area (Å²) in [6, 6.07) is 1.84. The first-order valence-electron chi connectivity index (χ1n) is 6.62. The minimum Gasteiger partial charge on any atom is -0.315 e. The minimum absolute atomic E-state index is 0.866. The van der Waals surface area contributed by atoms with Gasteiger partial charge in [-0.25, -0.2) is 0 Å². The van der Waals surface area contributed by atoms with Crippen LogP contribution in [-0.2, 0) is 0 Å². The smallest absolute Gasteiger partial charge is 0.0236 e. The number of rotatable bonds is 2. The van der Waals surface area contributed by atoms with E-state index in [1.54, 1.807) is 0 Å². The van der Waals surface area contributed by atoms with Crippen LogP contribution in [0.25, 0.3) is 0 Å². The van der Waals surface area contributed by atoms with E-state index in [0.717, 1.165) is 12.1 Å². The molecule has 0 spiro atoms. The molecule has 3 rings (SSSR count). The first-order chi connectivity index (χ1) is 7.43. The average Bonchev–Trinajstić information content (AvgIpc) is 3.04. The van der Waals surface area contributed by atoms with Crippen molar-refractivity contribution < 1.29 is 0 Å². The Balaban J connectivity index is 1.53. The first kappa shape index (κ1) is 10.1. The van der Waals surface area contributed by atoms with Crippen LogP contribution in [-0.4, -0.2) is 61.2 Å². The minimum atomic E-state index is 0.866. The predicted molar refractivity (Wildman–Crippen MR) is 62.1 cm³/mol. The second kappa shape index (κ2) is 4.40. The maximum absolute atomic E-state index is 3.49. The highest BCUT2D eigenvalue weighted by atomic mass is 15.3. The highest BCUT2D eigenvalue weighted by molar-refractivity contribution is 4.93. The van der Waals surface area contributed by atoms with E-state index >= 15 is 0 Å². The molecule has 3 fully saturated rings. The van der Waals surface area contributed by atoms with Gasteiger partial charge in [-0.15, -0.1) is 0 Å². The maximum atomic E-state index is 3.49. The van der Waals surface area contributed by atoms with Crippen LogP contribution >= 0.6 is 0 Å². The van der Waals surface area contributed by atoms with Crippen LogP contribution in [0.2, 0.25) is 0 Å². The summed E-state index contributed by atoms with van der Waals surface area (Å²) < 4.78 is 0. The Hall–Kier alpha value is -0.120. The van der Waals surface area contributed by atoms with Gasteiger partial charge in [-0.3, -0.25) is 9.80 Å². The van der Waals surface area contributed by atoms with Crippen LogP contribution in [0.5, 0.6) is 0 Å². The van der Waals surface area contributed by atoms with Crippen molar-refractivity contribution in [2.75, 3.05) is 39.3 Å². The molecule has 1 aliphatic carbocycles. The fourth-order valence-corrected chi connectivity index (χ4v) is 3.07. The van der Waals surface area contributed by atoms with E-state index in [4.69, 9.17) is 0 Å². The van der Waals surface area contributed by atoms with Crippen molar-refractivity contribution in [3.05, 3.63) is 0 Å². The predicted octanol–water partition coefficient (Wildman–Crippen LogP) is 0.518. The Morgan fingerprint density at radius 2 is 1.73 bits per heavy atom. The number of likely N-dealkylation sites (tertiary alicyclic amines) is 1. The Morgan fingerprint density at radius 1 is 0.800 bits per heavy atom. The van der Waals surface area contributed by atoms with Crippen LogP contribution in [0, 0.1) is 0 Å². The molecule has 3 heteroatoms. The molecule has 2 heterocycles. The molecule has 0 radical (unpaired) electrons. The van der Waals surface area contributed by atoms with Gasteiger partial charge in [0.1, 0.15) is 0 Å². The molecule has 15 heavy (non-hydrogen) atoms. The van der Waals surface area contributed by atoms with Gasteiger partial charge in [0.25, 0.3) is 0 Å². The second-order valence-corrected chi connectivity index (χ2v) is 5.31. The molecule has 1 unspecified atom stereocenters. The van der Waals surface area contributed by atoms with E-state index in [9.17, 15) is 0 Å². The van der Waals surface area contributed by atoms with Gasteiger partial charge in [0.05, 0.1) is 0 Å². The molecular weight excluding hydrogens is 186 g/mol. The van der Waals surface area contributed by atoms with E-state index in [-0.39, 0.29) is 0 Å². The summed E-state index contributed by atoms with van der Waals surface area (Å²) in [5, 5.41) is 3.49. The summed E-state index contributed by atoms with van der Waals surface area (Å²) in [7, 11) is 0. The topological polar surface area (TPSA) is 18.5 Å². The zero-order valence-electron chi connectivity index (χ0n) is 9.62. The van der Waals surface area contributed by atoms with Crippen molar-refractivity contribution in [3.8, 4) is 0 Å². The summed E-state index contributed by atoms with van der Waals surface area (Å²) in [5.74, 6) is 0. The van der Waals surface area contributed by atoms with Crippen LogP contribution in [0.4, 0.5) is 0 Å². The van der Waals surface area contributed by atoms with Gasteiger partial charge >= 0.3 is 0 Å². The molecule has 0 amide bonds. The van der Waals surface area contributed by atoms with Crippen LogP contribution in [0.1, 0.15) is 25.7 Å². The largest absolute Gasteiger partial charge is 0.315 e. The zero-order valence-corrected chi connectivity index (χ0v) is 9.62. The third-order valence-electron chi connectivity index (χ3n) is 4.15. The Kier molecular flexibility index (Phi) is 2.95. The molecule has 1 atom stereocenters. The molecule has 0 aromatic rings. The normalized spacial score (nSPS) is 35.6. The van der Waals surface area contributed by atoms with E-state index in [0.29, 0.717) is 0 Å². The quantitative estimate of drug-likeness (QED) is 0.715. The molecule has 1 saturated carbocycles. The summed E-state index contributed by atoms with van der Waals surface area (Å²) in [6.45, 7) is 7.71. The molecule has 0 aromatic heterocycles. The van der Waals surface area contributed by atoms with Gasteiger partial charge in [0, 0.05) is 38.3 Å². The number of nitrogens with one attached hydrogen (secondary N) is 1. The third-order valence-corrected chi connectivity index (χ3v) is 4.15. The standard InChI is InChI=1S/C12H23N3/c1-5-13-6-9-14(7-1)12-4-8-15(10-12)11-2-3-11/h11-13H,1-10H2. The Labute approximate surface area is 92.8 Å². The number of hydrogen-bond donors (Lipinski definition) is 1. The van der Waals surface area contributed by atoms with Crippen molar-refractivity contribution >= 4 is 0 Å². The number of nitrogens with zero attached hydrogens (tertiary/aromatic N) is 2. The van der Waals surface area contributed by atoms with E-state index < -0.39 is 0 Å². The van der Waals surface area contributed by atoms with Gasteiger partial charge in [-0.2, -0.15) is 0 Å². The SMILES string of the molecule is C1CNCCN(C2CCN(C3CC3)C2)C1. The number of hydrogen-bond acceptors (Lipinski definition) is 3.